The van der Waals surface area contributed by atoms with Crippen LogP contribution in [0.2, 0.25) is 0 Å². The summed E-state index contributed by atoms with van der Waals surface area (Å²) in [7, 11) is 0. The first-order chi connectivity index (χ1) is 9.81. The van der Waals surface area contributed by atoms with E-state index in [0.717, 1.165) is 36.5 Å². The van der Waals surface area contributed by atoms with Crippen molar-refractivity contribution in [1.82, 2.24) is 4.90 Å². The van der Waals surface area contributed by atoms with E-state index < -0.39 is 0 Å². The number of carbonyl (C=O) groups is 1. The van der Waals surface area contributed by atoms with E-state index in [1.165, 1.54) is 0 Å². The molecule has 1 saturated heterocycles. The average molecular weight is 295 g/mol. The van der Waals surface area contributed by atoms with E-state index >= 15 is 0 Å². The Labute approximate surface area is 124 Å². The molecule has 1 aromatic carbocycles. The van der Waals surface area contributed by atoms with Crippen molar-refractivity contribution in [3.05, 3.63) is 35.9 Å². The monoisotopic (exact) mass is 295 g/mol. The highest BCUT2D eigenvalue weighted by Crippen LogP contribution is 2.22. The molecule has 0 unspecified atom stereocenters. The fourth-order valence-electron chi connectivity index (χ4n) is 2.34. The molecule has 1 amide bonds. The Morgan fingerprint density at radius 3 is 2.95 bits per heavy atom. The summed E-state index contributed by atoms with van der Waals surface area (Å²) in [5.74, 6) is 1.60. The van der Waals surface area contributed by atoms with Crippen molar-refractivity contribution in [2.45, 2.75) is 25.5 Å². The fourth-order valence-corrected chi connectivity index (χ4v) is 3.25. The molecule has 1 heterocycles. The lowest BCUT2D eigenvalue weighted by Crippen LogP contribution is -2.37. The molecule has 2 rings (SSSR count). The third-order valence-electron chi connectivity index (χ3n) is 3.36. The number of aliphatic hydroxyl groups is 1. The minimum atomic E-state index is -0.221. The highest BCUT2D eigenvalue weighted by Gasteiger charge is 2.29. The van der Waals surface area contributed by atoms with E-state index in [1.54, 1.807) is 11.8 Å². The molecule has 0 saturated carbocycles. The molecule has 0 bridgehead atoms. The van der Waals surface area contributed by atoms with Gasteiger partial charge in [-0.25, -0.2) is 4.79 Å². The Hall–Kier alpha value is -1.20. The summed E-state index contributed by atoms with van der Waals surface area (Å²) >= 11 is 1.69. The van der Waals surface area contributed by atoms with Crippen LogP contribution in [0.3, 0.4) is 0 Å². The first kappa shape index (κ1) is 15.2. The van der Waals surface area contributed by atoms with Gasteiger partial charge in [0.1, 0.15) is 6.61 Å². The Bertz CT molecular complexity index is 413. The number of likely N-dealkylation sites (tertiary alicyclic amines) is 1. The summed E-state index contributed by atoms with van der Waals surface area (Å²) < 4.78 is 5.38. The summed E-state index contributed by atoms with van der Waals surface area (Å²) in [5.41, 5.74) is 1.01. The van der Waals surface area contributed by atoms with Crippen molar-refractivity contribution in [2.75, 3.05) is 24.7 Å². The van der Waals surface area contributed by atoms with Gasteiger partial charge < -0.3 is 14.7 Å². The quantitative estimate of drug-likeness (QED) is 0.819. The highest BCUT2D eigenvalue weighted by atomic mass is 32.2. The van der Waals surface area contributed by atoms with Crippen LogP contribution in [0.15, 0.2) is 30.3 Å². The van der Waals surface area contributed by atoms with Gasteiger partial charge in [0.15, 0.2) is 0 Å². The van der Waals surface area contributed by atoms with Gasteiger partial charge in [0.2, 0.25) is 0 Å². The van der Waals surface area contributed by atoms with Gasteiger partial charge in [-0.1, -0.05) is 30.3 Å². The van der Waals surface area contributed by atoms with Gasteiger partial charge in [-0.2, -0.15) is 11.8 Å². The maximum Gasteiger partial charge on any atom is 0.410 e. The van der Waals surface area contributed by atoms with E-state index in [2.05, 4.69) is 0 Å². The molecule has 0 aliphatic carbocycles. The second-order valence-electron chi connectivity index (χ2n) is 4.83. The number of amides is 1. The highest BCUT2D eigenvalue weighted by molar-refractivity contribution is 7.99. The lowest BCUT2D eigenvalue weighted by molar-refractivity contribution is 0.0950. The third-order valence-corrected chi connectivity index (χ3v) is 4.45. The van der Waals surface area contributed by atoms with Gasteiger partial charge in [0.25, 0.3) is 0 Å². The normalized spacial score (nSPS) is 18.2. The Morgan fingerprint density at radius 2 is 2.20 bits per heavy atom. The van der Waals surface area contributed by atoms with Crippen molar-refractivity contribution in [3.63, 3.8) is 0 Å². The summed E-state index contributed by atoms with van der Waals surface area (Å²) in [5, 5.41) is 8.80. The third kappa shape index (κ3) is 4.42. The standard InChI is InChI=1S/C15H21NO3S/c17-9-10-20-12-14-7-4-8-16(14)15(18)19-11-13-5-2-1-3-6-13/h1-3,5-6,14,17H,4,7-12H2/t14-/m1/s1. The van der Waals surface area contributed by atoms with Crippen LogP contribution in [0.1, 0.15) is 18.4 Å². The zero-order chi connectivity index (χ0) is 14.2. The minimum absolute atomic E-state index is 0.190. The van der Waals surface area contributed by atoms with Crippen LogP contribution in [-0.4, -0.2) is 46.8 Å². The molecular weight excluding hydrogens is 274 g/mol. The zero-order valence-corrected chi connectivity index (χ0v) is 12.3. The first-order valence-electron chi connectivity index (χ1n) is 6.97. The van der Waals surface area contributed by atoms with Crippen LogP contribution in [0.25, 0.3) is 0 Å². The van der Waals surface area contributed by atoms with E-state index in [1.807, 2.05) is 35.2 Å². The molecule has 1 fully saturated rings. The predicted octanol–water partition coefficient (Wildman–Crippen LogP) is 2.51. The van der Waals surface area contributed by atoms with Gasteiger partial charge in [-0.05, 0) is 18.4 Å². The number of thioether (sulfide) groups is 1. The molecular formula is C15H21NO3S. The van der Waals surface area contributed by atoms with Crippen molar-refractivity contribution in [1.29, 1.82) is 0 Å². The summed E-state index contributed by atoms with van der Waals surface area (Å²) in [6.07, 6.45) is 1.84. The van der Waals surface area contributed by atoms with E-state index in [9.17, 15) is 4.79 Å². The Morgan fingerprint density at radius 1 is 1.40 bits per heavy atom. The Balaban J connectivity index is 1.78. The number of rotatable bonds is 6. The van der Waals surface area contributed by atoms with Crippen LogP contribution < -0.4 is 0 Å². The van der Waals surface area contributed by atoms with Gasteiger partial charge in [0, 0.05) is 24.1 Å². The number of carbonyl (C=O) groups excluding carboxylic acids is 1. The maximum absolute atomic E-state index is 12.1. The zero-order valence-electron chi connectivity index (χ0n) is 11.5. The second kappa shape index (κ2) is 8.17. The largest absolute Gasteiger partial charge is 0.445 e. The van der Waals surface area contributed by atoms with Crippen molar-refractivity contribution < 1.29 is 14.6 Å². The molecule has 0 radical (unpaired) electrons. The van der Waals surface area contributed by atoms with Crippen LogP contribution >= 0.6 is 11.8 Å². The predicted molar refractivity (Wildman–Crippen MR) is 80.8 cm³/mol. The van der Waals surface area contributed by atoms with Crippen molar-refractivity contribution in [2.24, 2.45) is 0 Å². The van der Waals surface area contributed by atoms with Crippen LogP contribution in [-0.2, 0) is 11.3 Å². The van der Waals surface area contributed by atoms with Crippen molar-refractivity contribution >= 4 is 17.9 Å². The number of hydrogen-bond acceptors (Lipinski definition) is 4. The fraction of sp³-hybridized carbons (Fsp3) is 0.533. The molecule has 110 valence electrons. The number of aliphatic hydroxyl groups excluding tert-OH is 1. The first-order valence-corrected chi connectivity index (χ1v) is 8.12. The van der Waals surface area contributed by atoms with E-state index in [-0.39, 0.29) is 18.7 Å². The van der Waals surface area contributed by atoms with Gasteiger partial charge in [-0.15, -0.1) is 0 Å². The molecule has 5 heteroatoms. The van der Waals surface area contributed by atoms with Crippen LogP contribution in [0, 0.1) is 0 Å². The molecule has 1 aromatic rings. The number of hydrogen-bond donors (Lipinski definition) is 1. The molecule has 0 spiro atoms. The van der Waals surface area contributed by atoms with E-state index in [0.29, 0.717) is 6.61 Å². The maximum atomic E-state index is 12.1. The van der Waals surface area contributed by atoms with Gasteiger partial charge in [0.05, 0.1) is 6.61 Å². The lowest BCUT2D eigenvalue weighted by Gasteiger charge is -2.23. The van der Waals surface area contributed by atoms with E-state index in [4.69, 9.17) is 9.84 Å². The summed E-state index contributed by atoms with van der Waals surface area (Å²) in [4.78, 5) is 13.9. The summed E-state index contributed by atoms with van der Waals surface area (Å²) in [6, 6.07) is 9.97. The minimum Gasteiger partial charge on any atom is -0.445 e. The van der Waals surface area contributed by atoms with Crippen LogP contribution in [0.5, 0.6) is 0 Å². The number of nitrogens with zero attached hydrogens (tertiary/aromatic N) is 1. The molecule has 1 N–H and O–H groups in total. The van der Waals surface area contributed by atoms with Gasteiger partial charge >= 0.3 is 6.09 Å². The molecule has 20 heavy (non-hydrogen) atoms. The average Bonchev–Trinajstić information content (AvgIpc) is 2.95. The van der Waals surface area contributed by atoms with Gasteiger partial charge in [-0.3, -0.25) is 0 Å². The van der Waals surface area contributed by atoms with Crippen molar-refractivity contribution in [3.8, 4) is 0 Å². The van der Waals surface area contributed by atoms with Crippen LogP contribution in [0.4, 0.5) is 4.79 Å². The number of benzene rings is 1. The molecule has 4 nitrogen and oxygen atoms in total. The molecule has 1 aliphatic heterocycles. The molecule has 1 aliphatic rings. The molecule has 1 atom stereocenters. The smallest absolute Gasteiger partial charge is 0.410 e. The molecule has 0 aromatic heterocycles. The second-order valence-corrected chi connectivity index (χ2v) is 5.98. The lowest BCUT2D eigenvalue weighted by atomic mass is 10.2. The Kier molecular flexibility index (Phi) is 6.21. The SMILES string of the molecule is O=C(OCc1ccccc1)N1CCC[C@@H]1CSCCO. The number of ether oxygens (including phenoxy) is 1. The topological polar surface area (TPSA) is 49.8 Å². The summed E-state index contributed by atoms with van der Waals surface area (Å²) in [6.45, 7) is 1.29.